The molecule has 3 aromatic rings. The molecule has 0 fully saturated rings. The zero-order valence-corrected chi connectivity index (χ0v) is 9.94. The summed E-state index contributed by atoms with van der Waals surface area (Å²) in [6.07, 6.45) is 6.26. The summed E-state index contributed by atoms with van der Waals surface area (Å²) in [5, 5.41) is 5.23. The number of aryl methyl sites for hydroxylation is 1. The van der Waals surface area contributed by atoms with Gasteiger partial charge in [-0.05, 0) is 12.1 Å². The standard InChI is InChI=1S/C12H9N3OS/c1-15-12-8(5-14-15)4-13-6-10(12)11-3-2-9(7-16)17-11/h2-7H,1H3. The molecule has 0 radical (unpaired) electrons. The summed E-state index contributed by atoms with van der Waals surface area (Å²) in [7, 11) is 1.90. The molecule has 0 saturated heterocycles. The number of carbonyl (C=O) groups is 1. The first-order valence-corrected chi connectivity index (χ1v) is 5.92. The van der Waals surface area contributed by atoms with Gasteiger partial charge in [0.2, 0.25) is 0 Å². The van der Waals surface area contributed by atoms with E-state index < -0.39 is 0 Å². The van der Waals surface area contributed by atoms with Crippen LogP contribution >= 0.6 is 11.3 Å². The van der Waals surface area contributed by atoms with Crippen LogP contribution in [0.4, 0.5) is 0 Å². The van der Waals surface area contributed by atoms with Crippen molar-refractivity contribution < 1.29 is 4.79 Å². The molecule has 0 atom stereocenters. The van der Waals surface area contributed by atoms with E-state index in [0.717, 1.165) is 32.5 Å². The zero-order valence-electron chi connectivity index (χ0n) is 9.12. The number of hydrogen-bond acceptors (Lipinski definition) is 4. The van der Waals surface area contributed by atoms with Crippen molar-refractivity contribution >= 4 is 28.5 Å². The predicted molar refractivity (Wildman–Crippen MR) is 67.2 cm³/mol. The minimum atomic E-state index is 0.721. The molecule has 0 bridgehead atoms. The molecule has 0 spiro atoms. The summed E-state index contributed by atoms with van der Waals surface area (Å²) >= 11 is 1.46. The maximum atomic E-state index is 10.7. The summed E-state index contributed by atoms with van der Waals surface area (Å²) in [5.41, 5.74) is 2.06. The highest BCUT2D eigenvalue weighted by atomic mass is 32.1. The number of fused-ring (bicyclic) bond motifs is 1. The van der Waals surface area contributed by atoms with Gasteiger partial charge >= 0.3 is 0 Å². The van der Waals surface area contributed by atoms with E-state index in [0.29, 0.717) is 0 Å². The first kappa shape index (κ1) is 10.2. The second kappa shape index (κ2) is 3.78. The Balaban J connectivity index is 2.29. The summed E-state index contributed by atoms with van der Waals surface area (Å²) in [6.45, 7) is 0. The lowest BCUT2D eigenvalue weighted by Crippen LogP contribution is -1.91. The molecule has 0 unspecified atom stereocenters. The van der Waals surface area contributed by atoms with Crippen molar-refractivity contribution in [1.29, 1.82) is 0 Å². The Morgan fingerprint density at radius 1 is 1.29 bits per heavy atom. The quantitative estimate of drug-likeness (QED) is 0.650. The van der Waals surface area contributed by atoms with Crippen molar-refractivity contribution in [1.82, 2.24) is 14.8 Å². The van der Waals surface area contributed by atoms with Gasteiger partial charge in [-0.25, -0.2) is 0 Å². The van der Waals surface area contributed by atoms with Crippen LogP contribution in [0.2, 0.25) is 0 Å². The lowest BCUT2D eigenvalue weighted by Gasteiger charge is -2.01. The number of nitrogens with zero attached hydrogens (tertiary/aromatic N) is 3. The van der Waals surface area contributed by atoms with E-state index >= 15 is 0 Å². The Labute approximate surface area is 102 Å². The van der Waals surface area contributed by atoms with Crippen LogP contribution in [-0.4, -0.2) is 21.1 Å². The van der Waals surface area contributed by atoms with Crippen LogP contribution in [0.1, 0.15) is 9.67 Å². The molecule has 17 heavy (non-hydrogen) atoms. The highest BCUT2D eigenvalue weighted by Crippen LogP contribution is 2.32. The largest absolute Gasteiger partial charge is 0.297 e. The first-order valence-electron chi connectivity index (χ1n) is 5.10. The molecule has 3 rings (SSSR count). The molecular weight excluding hydrogens is 234 g/mol. The average Bonchev–Trinajstić information content (AvgIpc) is 2.96. The van der Waals surface area contributed by atoms with Crippen LogP contribution in [0.5, 0.6) is 0 Å². The molecule has 0 aliphatic rings. The number of rotatable bonds is 2. The maximum absolute atomic E-state index is 10.7. The van der Waals surface area contributed by atoms with Crippen molar-refractivity contribution in [3.05, 3.63) is 35.6 Å². The number of aldehydes is 1. The van der Waals surface area contributed by atoms with E-state index in [-0.39, 0.29) is 0 Å². The Morgan fingerprint density at radius 3 is 2.94 bits per heavy atom. The van der Waals surface area contributed by atoms with Crippen molar-refractivity contribution in [3.8, 4) is 10.4 Å². The van der Waals surface area contributed by atoms with Gasteiger partial charge in [0.1, 0.15) is 0 Å². The highest BCUT2D eigenvalue weighted by Gasteiger charge is 2.10. The lowest BCUT2D eigenvalue weighted by atomic mass is 10.2. The SMILES string of the molecule is Cn1ncc2cncc(-c3ccc(C=O)s3)c21. The number of pyridine rings is 1. The van der Waals surface area contributed by atoms with Crippen molar-refractivity contribution in [2.45, 2.75) is 0 Å². The van der Waals surface area contributed by atoms with E-state index in [4.69, 9.17) is 0 Å². The van der Waals surface area contributed by atoms with E-state index in [9.17, 15) is 4.79 Å². The Morgan fingerprint density at radius 2 is 2.18 bits per heavy atom. The molecule has 4 nitrogen and oxygen atoms in total. The first-order chi connectivity index (χ1) is 8.29. The van der Waals surface area contributed by atoms with Crippen LogP contribution in [0.25, 0.3) is 21.3 Å². The number of aromatic nitrogens is 3. The highest BCUT2D eigenvalue weighted by molar-refractivity contribution is 7.17. The number of thiophene rings is 1. The van der Waals surface area contributed by atoms with Crippen molar-refractivity contribution in [3.63, 3.8) is 0 Å². The Bertz CT molecular complexity index is 699. The molecule has 5 heteroatoms. The van der Waals surface area contributed by atoms with Crippen molar-refractivity contribution in [2.75, 3.05) is 0 Å². The normalized spacial score (nSPS) is 10.9. The third-order valence-electron chi connectivity index (χ3n) is 2.65. The summed E-state index contributed by atoms with van der Waals surface area (Å²) in [5.74, 6) is 0. The summed E-state index contributed by atoms with van der Waals surface area (Å²) in [4.78, 5) is 16.7. The van der Waals surface area contributed by atoms with E-state index in [1.54, 1.807) is 12.4 Å². The second-order valence-corrected chi connectivity index (χ2v) is 4.83. The van der Waals surface area contributed by atoms with Gasteiger partial charge in [-0.3, -0.25) is 14.5 Å². The monoisotopic (exact) mass is 243 g/mol. The molecule has 0 N–H and O–H groups in total. The van der Waals surface area contributed by atoms with Crippen LogP contribution in [0, 0.1) is 0 Å². The molecule has 3 heterocycles. The fraction of sp³-hybridized carbons (Fsp3) is 0.0833. The molecule has 84 valence electrons. The fourth-order valence-electron chi connectivity index (χ4n) is 1.87. The van der Waals surface area contributed by atoms with Crippen molar-refractivity contribution in [2.24, 2.45) is 7.05 Å². The maximum Gasteiger partial charge on any atom is 0.160 e. The van der Waals surface area contributed by atoms with E-state index in [2.05, 4.69) is 10.1 Å². The fourth-order valence-corrected chi connectivity index (χ4v) is 2.71. The van der Waals surface area contributed by atoms with Gasteiger partial charge in [0, 0.05) is 35.3 Å². The topological polar surface area (TPSA) is 47.8 Å². The van der Waals surface area contributed by atoms with Crippen LogP contribution in [-0.2, 0) is 7.05 Å². The van der Waals surface area contributed by atoms with Gasteiger partial charge in [0.15, 0.2) is 6.29 Å². The molecular formula is C12H9N3OS. The molecule has 0 aliphatic heterocycles. The molecule has 0 aliphatic carbocycles. The van der Waals surface area contributed by atoms with Gasteiger partial charge in [0.05, 0.1) is 16.6 Å². The number of carbonyl (C=O) groups excluding carboxylic acids is 1. The molecule has 0 saturated carbocycles. The minimum absolute atomic E-state index is 0.721. The minimum Gasteiger partial charge on any atom is -0.297 e. The number of hydrogen-bond donors (Lipinski definition) is 0. The van der Waals surface area contributed by atoms with Gasteiger partial charge < -0.3 is 0 Å². The summed E-state index contributed by atoms with van der Waals surface area (Å²) < 4.78 is 1.83. The molecule has 0 aromatic carbocycles. The third-order valence-corrected chi connectivity index (χ3v) is 3.69. The zero-order chi connectivity index (χ0) is 11.8. The lowest BCUT2D eigenvalue weighted by molar-refractivity contribution is 0.112. The van der Waals surface area contributed by atoms with Crippen LogP contribution in [0.3, 0.4) is 0 Å². The van der Waals surface area contributed by atoms with Gasteiger partial charge in [-0.15, -0.1) is 11.3 Å². The van der Waals surface area contributed by atoms with Crippen LogP contribution < -0.4 is 0 Å². The molecule has 3 aromatic heterocycles. The summed E-state index contributed by atoms with van der Waals surface area (Å²) in [6, 6.07) is 3.76. The van der Waals surface area contributed by atoms with Gasteiger partial charge in [0.25, 0.3) is 0 Å². The third kappa shape index (κ3) is 1.55. The molecule has 0 amide bonds. The van der Waals surface area contributed by atoms with Gasteiger partial charge in [-0.2, -0.15) is 5.10 Å². The second-order valence-electron chi connectivity index (χ2n) is 3.71. The van der Waals surface area contributed by atoms with Crippen LogP contribution in [0.15, 0.2) is 30.7 Å². The smallest absolute Gasteiger partial charge is 0.160 e. The van der Waals surface area contributed by atoms with Gasteiger partial charge in [-0.1, -0.05) is 0 Å². The van der Waals surface area contributed by atoms with E-state index in [1.807, 2.05) is 30.1 Å². The Kier molecular flexibility index (Phi) is 2.26. The Hall–Kier alpha value is -2.01. The average molecular weight is 243 g/mol. The predicted octanol–water partition coefficient (Wildman–Crippen LogP) is 2.51. The van der Waals surface area contributed by atoms with E-state index in [1.165, 1.54) is 11.3 Å².